The predicted octanol–water partition coefficient (Wildman–Crippen LogP) is 5.41. The van der Waals surface area contributed by atoms with Gasteiger partial charge < -0.3 is 23.4 Å². The molecule has 1 N–H and O–H groups in total. The number of ether oxygens (including phenoxy) is 2. The lowest BCUT2D eigenvalue weighted by Gasteiger charge is -2.19. The second-order valence-corrected chi connectivity index (χ2v) is 10.2. The molecule has 0 saturated heterocycles. The van der Waals surface area contributed by atoms with Gasteiger partial charge in [-0.25, -0.2) is 0 Å². The number of hydrogen-bond acceptors (Lipinski definition) is 7. The quantitative estimate of drug-likeness (QED) is 0.136. The Morgan fingerprint density at radius 3 is 2.10 bits per heavy atom. The fourth-order valence-corrected chi connectivity index (χ4v) is 3.95. The molecule has 7 nitrogen and oxygen atoms in total. The molecule has 0 bridgehead atoms. The Morgan fingerprint density at radius 1 is 1.00 bits per heavy atom. The van der Waals surface area contributed by atoms with Crippen molar-refractivity contribution in [1.29, 1.82) is 5.26 Å². The van der Waals surface area contributed by atoms with Crippen molar-refractivity contribution in [2.75, 3.05) is 26.9 Å². The standard InChI is InChI=1S/C21H40NO6PS/c1-3-4-5-6-7-8-9-10-11-12-13-15-21(23)26-18-20(25-2)19-28-29(24,30)27-17-14-16-22/h20H,3-15,17-19H2,1-2H3,(H,24,30). The van der Waals surface area contributed by atoms with Crippen molar-refractivity contribution in [2.24, 2.45) is 0 Å². The molecular formula is C21H40NO6PS. The summed E-state index contributed by atoms with van der Waals surface area (Å²) in [6.45, 7) is -1.19. The van der Waals surface area contributed by atoms with Crippen LogP contribution >= 0.6 is 6.72 Å². The number of rotatable bonds is 21. The van der Waals surface area contributed by atoms with Gasteiger partial charge in [0.25, 0.3) is 0 Å². The van der Waals surface area contributed by atoms with Crippen LogP contribution in [0.4, 0.5) is 0 Å². The van der Waals surface area contributed by atoms with E-state index >= 15 is 0 Å². The van der Waals surface area contributed by atoms with Gasteiger partial charge in [0.15, 0.2) is 0 Å². The van der Waals surface area contributed by atoms with Crippen molar-refractivity contribution in [3.63, 3.8) is 0 Å². The minimum atomic E-state index is -3.42. The predicted molar refractivity (Wildman–Crippen MR) is 121 cm³/mol. The van der Waals surface area contributed by atoms with Crippen molar-refractivity contribution in [2.45, 2.75) is 96.5 Å². The maximum absolute atomic E-state index is 11.9. The molecule has 0 aromatic heterocycles. The summed E-state index contributed by atoms with van der Waals surface area (Å²) in [5.41, 5.74) is 0. The zero-order valence-corrected chi connectivity index (χ0v) is 20.4. The van der Waals surface area contributed by atoms with Gasteiger partial charge >= 0.3 is 12.7 Å². The zero-order valence-electron chi connectivity index (χ0n) is 18.7. The van der Waals surface area contributed by atoms with Crippen LogP contribution < -0.4 is 0 Å². The van der Waals surface area contributed by atoms with Crippen molar-refractivity contribution in [3.8, 4) is 6.07 Å². The topological polar surface area (TPSA) is 98.0 Å². The van der Waals surface area contributed by atoms with Crippen LogP contribution in [0.2, 0.25) is 0 Å². The molecule has 0 aliphatic heterocycles. The third-order valence-electron chi connectivity index (χ3n) is 4.64. The van der Waals surface area contributed by atoms with Crippen LogP contribution in [0, 0.1) is 11.3 Å². The lowest BCUT2D eigenvalue weighted by atomic mass is 10.1. The molecular weight excluding hydrogens is 425 g/mol. The Morgan fingerprint density at radius 2 is 1.57 bits per heavy atom. The first-order valence-corrected chi connectivity index (χ1v) is 13.7. The third kappa shape index (κ3) is 19.4. The van der Waals surface area contributed by atoms with E-state index < -0.39 is 12.8 Å². The summed E-state index contributed by atoms with van der Waals surface area (Å²) in [6, 6.07) is 1.89. The summed E-state index contributed by atoms with van der Waals surface area (Å²) >= 11 is 4.84. The van der Waals surface area contributed by atoms with E-state index in [1.165, 1.54) is 58.5 Å². The van der Waals surface area contributed by atoms with Crippen LogP contribution in [-0.2, 0) is 35.1 Å². The minimum Gasteiger partial charge on any atom is -0.463 e. The highest BCUT2D eigenvalue weighted by Gasteiger charge is 2.19. The Kier molecular flexibility index (Phi) is 20.0. The Labute approximate surface area is 187 Å². The van der Waals surface area contributed by atoms with Crippen LogP contribution in [0.25, 0.3) is 0 Å². The first-order valence-electron chi connectivity index (χ1n) is 11.1. The molecule has 0 aromatic rings. The molecule has 0 amide bonds. The molecule has 2 atom stereocenters. The number of nitriles is 1. The van der Waals surface area contributed by atoms with Crippen LogP contribution in [0.3, 0.4) is 0 Å². The van der Waals surface area contributed by atoms with Crippen molar-refractivity contribution in [1.82, 2.24) is 0 Å². The summed E-state index contributed by atoms with van der Waals surface area (Å²) in [5.74, 6) is -0.262. The molecule has 30 heavy (non-hydrogen) atoms. The average molecular weight is 466 g/mol. The summed E-state index contributed by atoms with van der Waals surface area (Å²) in [7, 11) is 1.46. The second-order valence-electron chi connectivity index (χ2n) is 7.33. The maximum atomic E-state index is 11.9. The van der Waals surface area contributed by atoms with Gasteiger partial charge in [0.05, 0.1) is 25.7 Å². The minimum absolute atomic E-state index is 0.00979. The van der Waals surface area contributed by atoms with Gasteiger partial charge in [0.2, 0.25) is 0 Å². The molecule has 0 aliphatic rings. The molecule has 0 heterocycles. The fourth-order valence-electron chi connectivity index (χ4n) is 2.80. The van der Waals surface area contributed by atoms with E-state index in [0.29, 0.717) is 6.42 Å². The van der Waals surface area contributed by atoms with E-state index in [-0.39, 0.29) is 32.2 Å². The van der Waals surface area contributed by atoms with Crippen LogP contribution in [0.1, 0.15) is 90.4 Å². The molecule has 176 valence electrons. The highest BCUT2D eigenvalue weighted by atomic mass is 32.5. The summed E-state index contributed by atoms with van der Waals surface area (Å²) in [6.07, 6.45) is 13.5. The van der Waals surface area contributed by atoms with E-state index in [1.54, 1.807) is 0 Å². The SMILES string of the molecule is CCCCCCCCCCCCCC(=O)OCC(COP(O)(=S)OCCC#N)OC. The van der Waals surface area contributed by atoms with E-state index in [1.807, 2.05) is 6.07 Å². The van der Waals surface area contributed by atoms with E-state index in [2.05, 4.69) is 6.92 Å². The van der Waals surface area contributed by atoms with Gasteiger partial charge in [-0.15, -0.1) is 0 Å². The Balaban J connectivity index is 3.69. The van der Waals surface area contributed by atoms with Gasteiger partial charge in [-0.05, 0) is 18.2 Å². The molecule has 0 radical (unpaired) electrons. The highest BCUT2D eigenvalue weighted by molar-refractivity contribution is 8.07. The summed E-state index contributed by atoms with van der Waals surface area (Å²) in [5, 5.41) is 8.46. The van der Waals surface area contributed by atoms with Crippen molar-refractivity contribution in [3.05, 3.63) is 0 Å². The highest BCUT2D eigenvalue weighted by Crippen LogP contribution is 2.43. The zero-order chi connectivity index (χ0) is 22.5. The van der Waals surface area contributed by atoms with E-state index in [4.69, 9.17) is 35.6 Å². The molecule has 0 aliphatic carbocycles. The lowest BCUT2D eigenvalue weighted by Crippen LogP contribution is -2.25. The number of nitrogens with zero attached hydrogens (tertiary/aromatic N) is 1. The first kappa shape index (κ1) is 29.5. The summed E-state index contributed by atoms with van der Waals surface area (Å²) < 4.78 is 20.6. The molecule has 0 rings (SSSR count). The monoisotopic (exact) mass is 465 g/mol. The number of esters is 1. The van der Waals surface area contributed by atoms with Crippen LogP contribution in [-0.4, -0.2) is 43.9 Å². The molecule has 0 saturated carbocycles. The van der Waals surface area contributed by atoms with E-state index in [9.17, 15) is 9.69 Å². The van der Waals surface area contributed by atoms with Gasteiger partial charge in [-0.2, -0.15) is 5.26 Å². The number of hydrogen-bond donors (Lipinski definition) is 1. The van der Waals surface area contributed by atoms with Crippen LogP contribution in [0.15, 0.2) is 0 Å². The molecule has 0 aromatic carbocycles. The Bertz CT molecular complexity index is 514. The molecule has 9 heteroatoms. The number of unbranched alkanes of at least 4 members (excludes halogenated alkanes) is 10. The lowest BCUT2D eigenvalue weighted by molar-refractivity contribution is -0.148. The number of methoxy groups -OCH3 is 1. The largest absolute Gasteiger partial charge is 0.463 e. The van der Waals surface area contributed by atoms with Gasteiger partial charge in [-0.1, -0.05) is 71.1 Å². The van der Waals surface area contributed by atoms with E-state index in [0.717, 1.165) is 19.3 Å². The molecule has 2 unspecified atom stereocenters. The van der Waals surface area contributed by atoms with Gasteiger partial charge in [0, 0.05) is 13.5 Å². The second kappa shape index (κ2) is 20.4. The summed E-state index contributed by atoms with van der Waals surface area (Å²) in [4.78, 5) is 21.7. The molecule has 0 fully saturated rings. The van der Waals surface area contributed by atoms with Gasteiger partial charge in [0.1, 0.15) is 12.7 Å². The maximum Gasteiger partial charge on any atom is 0.324 e. The normalized spacial score (nSPS) is 14.1. The first-order chi connectivity index (χ1) is 14.4. The molecule has 0 spiro atoms. The fraction of sp³-hybridized carbons (Fsp3) is 0.905. The van der Waals surface area contributed by atoms with Crippen molar-refractivity contribution < 1.29 is 28.2 Å². The van der Waals surface area contributed by atoms with Crippen LogP contribution in [0.5, 0.6) is 0 Å². The smallest absolute Gasteiger partial charge is 0.324 e. The number of carbonyl (C=O) groups excluding carboxylic acids is 1. The van der Waals surface area contributed by atoms with Crippen molar-refractivity contribution >= 4 is 24.5 Å². The third-order valence-corrected chi connectivity index (χ3v) is 6.26. The average Bonchev–Trinajstić information content (AvgIpc) is 2.72. The van der Waals surface area contributed by atoms with Gasteiger partial charge in [-0.3, -0.25) is 4.79 Å². The Hall–Kier alpha value is -0.550. The number of carbonyl (C=O) groups is 1.